The molecule has 0 spiro atoms. The van der Waals surface area contributed by atoms with Crippen molar-refractivity contribution in [1.82, 2.24) is 0 Å². The molecule has 0 bridgehead atoms. The number of unbranched alkanes of at least 4 members (excludes halogenated alkanes) is 2. The van der Waals surface area contributed by atoms with Crippen LogP contribution in [0.15, 0.2) is 41.8 Å². The zero-order valence-electron chi connectivity index (χ0n) is 13.9. The predicted octanol–water partition coefficient (Wildman–Crippen LogP) is 5.14. The van der Waals surface area contributed by atoms with Gasteiger partial charge in [-0.3, -0.25) is 9.59 Å². The summed E-state index contributed by atoms with van der Waals surface area (Å²) in [5, 5.41) is 10.6. The highest BCUT2D eigenvalue weighted by Gasteiger charge is 2.12. The molecule has 0 aliphatic heterocycles. The zero-order chi connectivity index (χ0) is 17.2. The highest BCUT2D eigenvalue weighted by Crippen LogP contribution is 2.22. The van der Waals surface area contributed by atoms with E-state index in [1.165, 1.54) is 16.9 Å². The maximum Gasteiger partial charge on any atom is 0.303 e. The van der Waals surface area contributed by atoms with Gasteiger partial charge in [-0.1, -0.05) is 36.8 Å². The van der Waals surface area contributed by atoms with Gasteiger partial charge in [-0.05, 0) is 54.7 Å². The van der Waals surface area contributed by atoms with Gasteiger partial charge >= 0.3 is 5.97 Å². The van der Waals surface area contributed by atoms with Gasteiger partial charge in [-0.2, -0.15) is 0 Å². The molecule has 0 aliphatic carbocycles. The molecule has 0 saturated carbocycles. The predicted molar refractivity (Wildman–Crippen MR) is 97.8 cm³/mol. The molecular formula is C20H24O3S. The Morgan fingerprint density at radius 3 is 2.38 bits per heavy atom. The number of carboxylic acid groups (broad SMARTS) is 1. The third-order valence-electron chi connectivity index (χ3n) is 4.05. The first-order chi connectivity index (χ1) is 11.7. The number of carbonyl (C=O) groups excluding carboxylic acids is 1. The van der Waals surface area contributed by atoms with Gasteiger partial charge < -0.3 is 5.11 Å². The first-order valence-electron chi connectivity index (χ1n) is 8.52. The molecule has 0 atom stereocenters. The highest BCUT2D eigenvalue weighted by molar-refractivity contribution is 7.12. The summed E-state index contributed by atoms with van der Waals surface area (Å²) < 4.78 is 0. The van der Waals surface area contributed by atoms with Crippen molar-refractivity contribution in [2.45, 2.75) is 51.4 Å². The Labute approximate surface area is 147 Å². The van der Waals surface area contributed by atoms with Crippen molar-refractivity contribution in [3.8, 4) is 0 Å². The molecule has 1 heterocycles. The second kappa shape index (κ2) is 10.0. The smallest absolute Gasteiger partial charge is 0.303 e. The molecule has 1 N–H and O–H groups in total. The van der Waals surface area contributed by atoms with Gasteiger partial charge in [0.05, 0.1) is 4.88 Å². The van der Waals surface area contributed by atoms with E-state index in [9.17, 15) is 9.59 Å². The Balaban J connectivity index is 1.74. The molecular weight excluding hydrogens is 320 g/mol. The Morgan fingerprint density at radius 1 is 0.875 bits per heavy atom. The molecule has 0 amide bonds. The molecule has 0 radical (unpaired) electrons. The minimum absolute atomic E-state index is 0.192. The summed E-state index contributed by atoms with van der Waals surface area (Å²) in [5.74, 6) is -0.560. The van der Waals surface area contributed by atoms with Crippen LogP contribution in [0.5, 0.6) is 0 Å². The lowest BCUT2D eigenvalue weighted by atomic mass is 10.0. The maximum atomic E-state index is 12.4. The Kier molecular flexibility index (Phi) is 7.69. The fourth-order valence-electron chi connectivity index (χ4n) is 2.76. The molecule has 24 heavy (non-hydrogen) atoms. The number of rotatable bonds is 11. The van der Waals surface area contributed by atoms with Crippen LogP contribution in [-0.4, -0.2) is 16.9 Å². The van der Waals surface area contributed by atoms with Crippen LogP contribution in [0.2, 0.25) is 0 Å². The van der Waals surface area contributed by atoms with Gasteiger partial charge in [0.1, 0.15) is 0 Å². The standard InChI is InChI=1S/C20H24O3S/c21-18(12-5-2-6-13-19(22)23)20-17(14-15-24-20)11-7-10-16-8-3-1-4-9-16/h1,3-4,8-9,14-15H,2,5-7,10-13H2,(H,22,23). The average Bonchev–Trinajstić information content (AvgIpc) is 3.04. The summed E-state index contributed by atoms with van der Waals surface area (Å²) in [7, 11) is 0. The first-order valence-corrected chi connectivity index (χ1v) is 9.40. The second-order valence-electron chi connectivity index (χ2n) is 5.99. The van der Waals surface area contributed by atoms with E-state index in [-0.39, 0.29) is 12.2 Å². The molecule has 0 fully saturated rings. The molecule has 3 nitrogen and oxygen atoms in total. The van der Waals surface area contributed by atoms with Crippen LogP contribution in [0.3, 0.4) is 0 Å². The van der Waals surface area contributed by atoms with Gasteiger partial charge in [0.2, 0.25) is 0 Å². The van der Waals surface area contributed by atoms with Crippen LogP contribution in [-0.2, 0) is 17.6 Å². The van der Waals surface area contributed by atoms with E-state index in [0.717, 1.165) is 42.5 Å². The van der Waals surface area contributed by atoms with Crippen molar-refractivity contribution in [3.63, 3.8) is 0 Å². The summed E-state index contributed by atoms with van der Waals surface area (Å²) in [6.07, 6.45) is 5.93. The SMILES string of the molecule is O=C(O)CCCCCC(=O)c1sccc1CCCc1ccccc1. The van der Waals surface area contributed by atoms with Crippen molar-refractivity contribution < 1.29 is 14.7 Å². The van der Waals surface area contributed by atoms with Crippen LogP contribution in [0.4, 0.5) is 0 Å². The summed E-state index contributed by atoms with van der Waals surface area (Å²) >= 11 is 1.53. The van der Waals surface area contributed by atoms with Crippen molar-refractivity contribution in [1.29, 1.82) is 0 Å². The van der Waals surface area contributed by atoms with Crippen molar-refractivity contribution >= 4 is 23.1 Å². The molecule has 0 saturated heterocycles. The van der Waals surface area contributed by atoms with E-state index < -0.39 is 5.97 Å². The number of aryl methyl sites for hydroxylation is 2. The van der Waals surface area contributed by atoms with E-state index in [4.69, 9.17) is 5.11 Å². The van der Waals surface area contributed by atoms with Crippen LogP contribution in [0, 0.1) is 0 Å². The Morgan fingerprint density at radius 2 is 1.62 bits per heavy atom. The van der Waals surface area contributed by atoms with Gasteiger partial charge in [-0.15, -0.1) is 11.3 Å². The lowest BCUT2D eigenvalue weighted by molar-refractivity contribution is -0.137. The van der Waals surface area contributed by atoms with Crippen LogP contribution >= 0.6 is 11.3 Å². The third kappa shape index (κ3) is 6.28. The Hall–Kier alpha value is -1.94. The molecule has 2 aromatic rings. The summed E-state index contributed by atoms with van der Waals surface area (Å²) in [6, 6.07) is 12.5. The van der Waals surface area contributed by atoms with E-state index in [1.54, 1.807) is 0 Å². The molecule has 0 unspecified atom stereocenters. The number of aliphatic carboxylic acids is 1. The number of carbonyl (C=O) groups is 2. The van der Waals surface area contributed by atoms with E-state index in [2.05, 4.69) is 30.3 Å². The zero-order valence-corrected chi connectivity index (χ0v) is 14.7. The second-order valence-corrected chi connectivity index (χ2v) is 6.91. The van der Waals surface area contributed by atoms with Crippen LogP contribution in [0.1, 0.15) is 59.3 Å². The fourth-order valence-corrected chi connectivity index (χ4v) is 3.68. The number of carboxylic acids is 1. The lowest BCUT2D eigenvalue weighted by Gasteiger charge is -2.04. The normalized spacial score (nSPS) is 10.7. The first kappa shape index (κ1) is 18.4. The molecule has 2 rings (SSSR count). The minimum Gasteiger partial charge on any atom is -0.481 e. The van der Waals surface area contributed by atoms with Gasteiger partial charge in [0.25, 0.3) is 0 Å². The number of hydrogen-bond acceptors (Lipinski definition) is 3. The summed E-state index contributed by atoms with van der Waals surface area (Å²) in [6.45, 7) is 0. The minimum atomic E-state index is -0.764. The van der Waals surface area contributed by atoms with Crippen LogP contribution < -0.4 is 0 Å². The molecule has 0 aliphatic rings. The van der Waals surface area contributed by atoms with E-state index >= 15 is 0 Å². The molecule has 1 aromatic carbocycles. The molecule has 128 valence electrons. The van der Waals surface area contributed by atoms with E-state index in [1.807, 2.05) is 11.4 Å². The lowest BCUT2D eigenvalue weighted by Crippen LogP contribution is -2.01. The molecule has 1 aromatic heterocycles. The van der Waals surface area contributed by atoms with Crippen molar-refractivity contribution in [2.24, 2.45) is 0 Å². The average molecular weight is 344 g/mol. The fraction of sp³-hybridized carbons (Fsp3) is 0.400. The van der Waals surface area contributed by atoms with Crippen molar-refractivity contribution in [3.05, 3.63) is 57.8 Å². The molecule has 4 heteroatoms. The largest absolute Gasteiger partial charge is 0.481 e. The van der Waals surface area contributed by atoms with Gasteiger partial charge in [0.15, 0.2) is 5.78 Å². The van der Waals surface area contributed by atoms with E-state index in [0.29, 0.717) is 12.8 Å². The van der Waals surface area contributed by atoms with Crippen LogP contribution in [0.25, 0.3) is 0 Å². The quantitative estimate of drug-likeness (QED) is 0.453. The summed E-state index contributed by atoms with van der Waals surface area (Å²) in [5.41, 5.74) is 2.49. The van der Waals surface area contributed by atoms with Gasteiger partial charge in [0, 0.05) is 12.8 Å². The number of Topliss-reactive ketones (excluding diaryl/α,β-unsaturated/α-hetero) is 1. The number of ketones is 1. The summed E-state index contributed by atoms with van der Waals surface area (Å²) in [4.78, 5) is 23.7. The Bertz CT molecular complexity index is 646. The third-order valence-corrected chi connectivity index (χ3v) is 5.05. The maximum absolute atomic E-state index is 12.4. The monoisotopic (exact) mass is 344 g/mol. The number of benzene rings is 1. The van der Waals surface area contributed by atoms with Crippen molar-refractivity contribution in [2.75, 3.05) is 0 Å². The highest BCUT2D eigenvalue weighted by atomic mass is 32.1. The van der Waals surface area contributed by atoms with Gasteiger partial charge in [-0.25, -0.2) is 0 Å². The topological polar surface area (TPSA) is 54.4 Å². The number of hydrogen-bond donors (Lipinski definition) is 1. The number of thiophene rings is 1.